The van der Waals surface area contributed by atoms with Crippen molar-refractivity contribution in [1.29, 1.82) is 0 Å². The lowest BCUT2D eigenvalue weighted by Crippen LogP contribution is -2.48. The number of carbonyl (C=O) groups excluding carboxylic acids is 3. The number of benzene rings is 3. The van der Waals surface area contributed by atoms with Gasteiger partial charge in [0.15, 0.2) is 0 Å². The Morgan fingerprint density at radius 3 is 2.42 bits per heavy atom. The van der Waals surface area contributed by atoms with E-state index in [0.29, 0.717) is 35.0 Å². The highest BCUT2D eigenvalue weighted by Crippen LogP contribution is 2.29. The molecular weight excluding hydrogens is 612 g/mol. The van der Waals surface area contributed by atoms with E-state index in [1.165, 1.54) is 0 Å². The van der Waals surface area contributed by atoms with E-state index in [1.54, 1.807) is 97.6 Å². The number of carbonyl (C=O) groups is 3. The molecule has 3 aromatic rings. The molecule has 11 nitrogen and oxygen atoms in total. The van der Waals surface area contributed by atoms with Crippen LogP contribution in [0.2, 0.25) is 0 Å². The standard InChI is InChI=1S/C37H48N4O7/c1-25-22-41(26(2)24-42)36(44)32-21-30(38-35(43)28-12-7-6-8-13-28)16-19-33(32)48-27(3)11-9-10-20-47-34(25)23-40(4)37(45)39-29-14-17-31(46-5)18-15-29/h6-8,12-19,21,25-27,34,42H,9-11,20,22-24H2,1-5H3,(H,38,43)(H,39,45)/t25-,26-,27-,34+/m0/s1. The van der Waals surface area contributed by atoms with E-state index in [9.17, 15) is 19.5 Å². The fourth-order valence-electron chi connectivity index (χ4n) is 5.50. The van der Waals surface area contributed by atoms with Gasteiger partial charge in [-0.3, -0.25) is 9.59 Å². The maximum absolute atomic E-state index is 14.4. The van der Waals surface area contributed by atoms with Crippen LogP contribution in [0.1, 0.15) is 60.7 Å². The monoisotopic (exact) mass is 660 g/mol. The Morgan fingerprint density at radius 1 is 1.02 bits per heavy atom. The highest BCUT2D eigenvalue weighted by molar-refractivity contribution is 6.05. The first kappa shape index (κ1) is 36.2. The third kappa shape index (κ3) is 9.95. The molecule has 4 amide bonds. The van der Waals surface area contributed by atoms with E-state index in [2.05, 4.69) is 10.6 Å². The van der Waals surface area contributed by atoms with Crippen molar-refractivity contribution < 1.29 is 33.7 Å². The number of aliphatic hydroxyl groups excluding tert-OH is 1. The Morgan fingerprint density at radius 2 is 1.73 bits per heavy atom. The Hall–Kier alpha value is -4.61. The van der Waals surface area contributed by atoms with Crippen LogP contribution in [0.4, 0.5) is 16.2 Å². The van der Waals surface area contributed by atoms with E-state index < -0.39 is 12.1 Å². The molecule has 1 heterocycles. The van der Waals surface area contributed by atoms with Crippen molar-refractivity contribution >= 4 is 29.2 Å². The molecule has 258 valence electrons. The number of amides is 4. The van der Waals surface area contributed by atoms with Crippen LogP contribution in [0.5, 0.6) is 11.5 Å². The maximum Gasteiger partial charge on any atom is 0.321 e. The number of hydrogen-bond acceptors (Lipinski definition) is 7. The summed E-state index contributed by atoms with van der Waals surface area (Å²) in [4.78, 5) is 43.6. The summed E-state index contributed by atoms with van der Waals surface area (Å²) in [7, 11) is 3.29. The first-order valence-electron chi connectivity index (χ1n) is 16.5. The summed E-state index contributed by atoms with van der Waals surface area (Å²) in [6, 6.07) is 20.2. The summed E-state index contributed by atoms with van der Waals surface area (Å²) in [5, 5.41) is 16.0. The van der Waals surface area contributed by atoms with Gasteiger partial charge in [0.2, 0.25) is 0 Å². The predicted octanol–water partition coefficient (Wildman–Crippen LogP) is 5.91. The predicted molar refractivity (Wildman–Crippen MR) is 186 cm³/mol. The van der Waals surface area contributed by atoms with Crippen LogP contribution in [-0.2, 0) is 4.74 Å². The molecule has 0 aromatic heterocycles. The number of urea groups is 1. The maximum atomic E-state index is 14.4. The van der Waals surface area contributed by atoms with Crippen molar-refractivity contribution in [1.82, 2.24) is 9.80 Å². The Kier molecular flexibility index (Phi) is 13.2. The van der Waals surface area contributed by atoms with Crippen LogP contribution in [0, 0.1) is 5.92 Å². The van der Waals surface area contributed by atoms with E-state index in [1.807, 2.05) is 19.9 Å². The SMILES string of the molecule is COc1ccc(NC(=O)N(C)C[C@H]2OCCCC[C@H](C)Oc3ccc(NC(=O)c4ccccc4)cc3C(=O)N([C@@H](C)CO)C[C@@H]2C)cc1. The molecule has 4 atom stereocenters. The smallest absolute Gasteiger partial charge is 0.321 e. The average Bonchev–Trinajstić information content (AvgIpc) is 3.10. The van der Waals surface area contributed by atoms with Gasteiger partial charge >= 0.3 is 6.03 Å². The Bertz CT molecular complexity index is 1500. The van der Waals surface area contributed by atoms with Crippen LogP contribution >= 0.6 is 0 Å². The second-order valence-electron chi connectivity index (χ2n) is 12.4. The number of nitrogens with one attached hydrogen (secondary N) is 2. The molecule has 0 saturated carbocycles. The normalized spacial score (nSPS) is 19.6. The minimum absolute atomic E-state index is 0.185. The van der Waals surface area contributed by atoms with Crippen LogP contribution in [-0.4, -0.2) is 91.5 Å². The lowest BCUT2D eigenvalue weighted by atomic mass is 10.0. The average molecular weight is 661 g/mol. The van der Waals surface area contributed by atoms with E-state index >= 15 is 0 Å². The topological polar surface area (TPSA) is 130 Å². The molecule has 0 fully saturated rings. The number of anilines is 2. The van der Waals surface area contributed by atoms with Gasteiger partial charge in [-0.25, -0.2) is 4.79 Å². The summed E-state index contributed by atoms with van der Waals surface area (Å²) in [5.41, 5.74) is 1.86. The lowest BCUT2D eigenvalue weighted by molar-refractivity contribution is -0.0115. The molecule has 0 bridgehead atoms. The molecule has 1 aliphatic heterocycles. The molecule has 0 radical (unpaired) electrons. The van der Waals surface area contributed by atoms with Gasteiger partial charge in [-0.15, -0.1) is 0 Å². The zero-order valence-electron chi connectivity index (χ0n) is 28.5. The third-order valence-electron chi connectivity index (χ3n) is 8.49. The van der Waals surface area contributed by atoms with Gasteiger partial charge in [-0.1, -0.05) is 25.1 Å². The van der Waals surface area contributed by atoms with Crippen molar-refractivity contribution in [2.75, 3.05) is 51.1 Å². The fraction of sp³-hybridized carbons (Fsp3) is 0.432. The molecule has 1 aliphatic rings. The molecule has 11 heteroatoms. The first-order chi connectivity index (χ1) is 23.1. The van der Waals surface area contributed by atoms with Crippen molar-refractivity contribution in [3.8, 4) is 11.5 Å². The quantitative estimate of drug-likeness (QED) is 0.274. The summed E-state index contributed by atoms with van der Waals surface area (Å²) in [6.45, 7) is 6.47. The molecule has 3 aromatic carbocycles. The highest BCUT2D eigenvalue weighted by atomic mass is 16.5. The lowest BCUT2D eigenvalue weighted by Gasteiger charge is -2.35. The summed E-state index contributed by atoms with van der Waals surface area (Å²) >= 11 is 0. The molecule has 48 heavy (non-hydrogen) atoms. The van der Waals surface area contributed by atoms with Crippen molar-refractivity contribution in [3.05, 3.63) is 83.9 Å². The highest BCUT2D eigenvalue weighted by Gasteiger charge is 2.31. The van der Waals surface area contributed by atoms with Crippen molar-refractivity contribution in [3.63, 3.8) is 0 Å². The number of nitrogens with zero attached hydrogens (tertiary/aromatic N) is 2. The summed E-state index contributed by atoms with van der Waals surface area (Å²) in [5.74, 6) is 0.241. The van der Waals surface area contributed by atoms with Gasteiger partial charge in [0.25, 0.3) is 11.8 Å². The molecule has 0 aliphatic carbocycles. The number of ether oxygens (including phenoxy) is 3. The number of likely N-dealkylation sites (N-methyl/N-ethyl adjacent to an activating group) is 1. The third-order valence-corrected chi connectivity index (χ3v) is 8.49. The zero-order valence-corrected chi connectivity index (χ0v) is 28.5. The molecule has 0 unspecified atom stereocenters. The van der Waals surface area contributed by atoms with Gasteiger partial charge < -0.3 is 39.8 Å². The Labute approximate surface area is 283 Å². The van der Waals surface area contributed by atoms with Crippen molar-refractivity contribution in [2.24, 2.45) is 5.92 Å². The second kappa shape index (κ2) is 17.5. The fourth-order valence-corrected chi connectivity index (χ4v) is 5.50. The van der Waals surface area contributed by atoms with Crippen LogP contribution < -0.4 is 20.1 Å². The Balaban J connectivity index is 1.58. The minimum Gasteiger partial charge on any atom is -0.497 e. The van der Waals surface area contributed by atoms with E-state index in [0.717, 1.165) is 19.3 Å². The van der Waals surface area contributed by atoms with Gasteiger partial charge in [0, 0.05) is 49.6 Å². The number of methoxy groups -OCH3 is 1. The van der Waals surface area contributed by atoms with Crippen molar-refractivity contribution in [2.45, 2.75) is 58.3 Å². The van der Waals surface area contributed by atoms with Crippen LogP contribution in [0.3, 0.4) is 0 Å². The zero-order chi connectivity index (χ0) is 34.6. The second-order valence-corrected chi connectivity index (χ2v) is 12.4. The number of aliphatic hydroxyl groups is 1. The molecule has 3 N–H and O–H groups in total. The number of hydrogen-bond donors (Lipinski definition) is 3. The van der Waals surface area contributed by atoms with E-state index in [-0.39, 0.29) is 55.1 Å². The number of fused-ring (bicyclic) bond motifs is 1. The number of rotatable bonds is 8. The van der Waals surface area contributed by atoms with E-state index in [4.69, 9.17) is 14.2 Å². The molecule has 4 rings (SSSR count). The van der Waals surface area contributed by atoms with Crippen LogP contribution in [0.25, 0.3) is 0 Å². The summed E-state index contributed by atoms with van der Waals surface area (Å²) < 4.78 is 17.9. The first-order valence-corrected chi connectivity index (χ1v) is 16.5. The van der Waals surface area contributed by atoms with Gasteiger partial charge in [-0.05, 0) is 87.7 Å². The molecule has 0 spiro atoms. The van der Waals surface area contributed by atoms with Crippen LogP contribution in [0.15, 0.2) is 72.8 Å². The van der Waals surface area contributed by atoms with Gasteiger partial charge in [-0.2, -0.15) is 0 Å². The van der Waals surface area contributed by atoms with Gasteiger partial charge in [0.05, 0.1) is 37.5 Å². The molecule has 0 saturated heterocycles. The largest absolute Gasteiger partial charge is 0.497 e. The van der Waals surface area contributed by atoms with Gasteiger partial charge in [0.1, 0.15) is 11.5 Å². The minimum atomic E-state index is -0.530. The summed E-state index contributed by atoms with van der Waals surface area (Å²) in [6.07, 6.45) is 1.80. The molecular formula is C37H48N4O7.